The topological polar surface area (TPSA) is 84.4 Å². The fourth-order valence-corrected chi connectivity index (χ4v) is 8.28. The first-order chi connectivity index (χ1) is 22.8. The number of carbonyl (C=O) groups is 3. The molecule has 1 N–H and O–H groups in total. The van der Waals surface area contributed by atoms with E-state index in [0.717, 1.165) is 92.7 Å². The van der Waals surface area contributed by atoms with Gasteiger partial charge in [0, 0.05) is 107 Å². The Bertz CT molecular complexity index is 1600. The standard InChI is InChI=1S/C37H49N7O3/c1-39-19-21-41(22-20-39)30-11-17-43(18-12-30)36(46)28(23-29-25-40(2)34-10-6-4-8-32(29)34)24-35(45)42-15-13-31(14-16-42)44-26-27-7-3-5-9-33(27)38-37(44)47/h3-10,25,28,30-31H,11-24,26H2,1-2H3,(H,38,47)/t28-/m1/s1. The molecule has 10 nitrogen and oxygen atoms in total. The number of hydrogen-bond donors (Lipinski definition) is 1. The van der Waals surface area contributed by atoms with Gasteiger partial charge in [-0.2, -0.15) is 0 Å². The van der Waals surface area contributed by atoms with Crippen LogP contribution >= 0.6 is 0 Å². The van der Waals surface area contributed by atoms with E-state index in [9.17, 15) is 14.4 Å². The van der Waals surface area contributed by atoms with E-state index in [2.05, 4.69) is 51.1 Å². The monoisotopic (exact) mass is 639 g/mol. The summed E-state index contributed by atoms with van der Waals surface area (Å²) < 4.78 is 2.12. The Balaban J connectivity index is 1.01. The van der Waals surface area contributed by atoms with Crippen molar-refractivity contribution in [2.45, 2.75) is 57.2 Å². The molecule has 0 bridgehead atoms. The maximum atomic E-state index is 14.3. The average molecular weight is 640 g/mol. The molecule has 4 aliphatic rings. The Morgan fingerprint density at radius 2 is 1.47 bits per heavy atom. The fourth-order valence-electron chi connectivity index (χ4n) is 8.28. The Hall–Kier alpha value is -3.89. The second-order valence-electron chi connectivity index (χ2n) is 14.1. The van der Waals surface area contributed by atoms with Gasteiger partial charge in [-0.15, -0.1) is 0 Å². The number of amides is 4. The highest BCUT2D eigenvalue weighted by molar-refractivity contribution is 5.92. The first-order valence-corrected chi connectivity index (χ1v) is 17.5. The minimum absolute atomic E-state index is 0.0443. The molecule has 5 heterocycles. The van der Waals surface area contributed by atoms with E-state index < -0.39 is 5.92 Å². The van der Waals surface area contributed by atoms with Gasteiger partial charge in [-0.1, -0.05) is 36.4 Å². The summed E-state index contributed by atoms with van der Waals surface area (Å²) in [6.45, 7) is 7.69. The maximum Gasteiger partial charge on any atom is 0.322 e. The van der Waals surface area contributed by atoms with Crippen LogP contribution in [0.15, 0.2) is 54.7 Å². The van der Waals surface area contributed by atoms with Crippen LogP contribution in [0.2, 0.25) is 0 Å². The number of benzene rings is 2. The minimum atomic E-state index is -0.407. The molecule has 2 aromatic carbocycles. The van der Waals surface area contributed by atoms with Gasteiger partial charge in [-0.3, -0.25) is 14.5 Å². The molecule has 3 saturated heterocycles. The molecule has 0 radical (unpaired) electrons. The maximum absolute atomic E-state index is 14.3. The smallest absolute Gasteiger partial charge is 0.322 e. The van der Waals surface area contributed by atoms with Gasteiger partial charge in [0.2, 0.25) is 11.8 Å². The second-order valence-corrected chi connectivity index (χ2v) is 14.1. The zero-order chi connectivity index (χ0) is 32.5. The van der Waals surface area contributed by atoms with Gasteiger partial charge in [-0.05, 0) is 62.4 Å². The fraction of sp³-hybridized carbons (Fsp3) is 0.541. The summed E-state index contributed by atoms with van der Waals surface area (Å²) in [6.07, 6.45) is 6.35. The summed E-state index contributed by atoms with van der Waals surface area (Å²) in [5.74, 6) is -0.250. The lowest BCUT2D eigenvalue weighted by Gasteiger charge is -2.42. The number of rotatable bonds is 7. The Morgan fingerprint density at radius 1 is 0.809 bits per heavy atom. The van der Waals surface area contributed by atoms with Gasteiger partial charge in [-0.25, -0.2) is 4.79 Å². The molecule has 0 saturated carbocycles. The van der Waals surface area contributed by atoms with E-state index in [-0.39, 0.29) is 30.3 Å². The summed E-state index contributed by atoms with van der Waals surface area (Å²) >= 11 is 0. The Labute approximate surface area is 278 Å². The van der Waals surface area contributed by atoms with Crippen molar-refractivity contribution in [3.8, 4) is 0 Å². The van der Waals surface area contributed by atoms with Crippen LogP contribution in [0.25, 0.3) is 10.9 Å². The number of nitrogens with one attached hydrogen (secondary N) is 1. The predicted molar refractivity (Wildman–Crippen MR) is 184 cm³/mol. The normalized spacial score (nSPS) is 21.1. The number of likely N-dealkylation sites (tertiary alicyclic amines) is 2. The number of aromatic nitrogens is 1. The first kappa shape index (κ1) is 31.7. The van der Waals surface area contributed by atoms with Crippen molar-refractivity contribution >= 4 is 34.4 Å². The lowest BCUT2D eigenvalue weighted by Crippen LogP contribution is -2.54. The lowest BCUT2D eigenvalue weighted by molar-refractivity contribution is -0.143. The average Bonchev–Trinajstić information content (AvgIpc) is 3.42. The molecule has 7 rings (SSSR count). The second kappa shape index (κ2) is 13.7. The van der Waals surface area contributed by atoms with Crippen molar-refractivity contribution < 1.29 is 14.4 Å². The summed E-state index contributed by atoms with van der Waals surface area (Å²) in [7, 11) is 4.23. The molecule has 0 unspecified atom stereocenters. The number of fused-ring (bicyclic) bond motifs is 2. The number of anilines is 1. The number of para-hydroxylation sites is 2. The molecule has 3 fully saturated rings. The number of likely N-dealkylation sites (N-methyl/N-ethyl adjacent to an activating group) is 1. The van der Waals surface area contributed by atoms with Gasteiger partial charge >= 0.3 is 6.03 Å². The van der Waals surface area contributed by atoms with Crippen molar-refractivity contribution in [3.63, 3.8) is 0 Å². The molecule has 47 heavy (non-hydrogen) atoms. The number of aryl methyl sites for hydroxylation is 1. The number of urea groups is 1. The number of nitrogens with zero attached hydrogens (tertiary/aromatic N) is 6. The highest BCUT2D eigenvalue weighted by atomic mass is 16.2. The highest BCUT2D eigenvalue weighted by Gasteiger charge is 2.36. The third-order valence-corrected chi connectivity index (χ3v) is 11.2. The van der Waals surface area contributed by atoms with Crippen molar-refractivity contribution in [3.05, 3.63) is 65.9 Å². The largest absolute Gasteiger partial charge is 0.350 e. The molecular weight excluding hydrogens is 590 g/mol. The van der Waals surface area contributed by atoms with Crippen molar-refractivity contribution in [2.24, 2.45) is 13.0 Å². The minimum Gasteiger partial charge on any atom is -0.350 e. The lowest BCUT2D eigenvalue weighted by atomic mass is 9.91. The molecule has 3 aromatic rings. The Kier molecular flexibility index (Phi) is 9.23. The van der Waals surface area contributed by atoms with Crippen LogP contribution in [0.3, 0.4) is 0 Å². The van der Waals surface area contributed by atoms with E-state index in [4.69, 9.17) is 0 Å². The van der Waals surface area contributed by atoms with Crippen molar-refractivity contribution in [1.82, 2.24) is 29.1 Å². The van der Waals surface area contributed by atoms with E-state index in [0.29, 0.717) is 32.1 Å². The number of piperidine rings is 2. The van der Waals surface area contributed by atoms with E-state index >= 15 is 0 Å². The van der Waals surface area contributed by atoms with E-state index in [1.807, 2.05) is 52.1 Å². The first-order valence-electron chi connectivity index (χ1n) is 17.5. The summed E-state index contributed by atoms with van der Waals surface area (Å²) in [5, 5.41) is 4.18. The third kappa shape index (κ3) is 6.76. The molecule has 1 aromatic heterocycles. The van der Waals surface area contributed by atoms with E-state index in [1.165, 1.54) is 0 Å². The van der Waals surface area contributed by atoms with Gasteiger partial charge < -0.3 is 29.5 Å². The van der Waals surface area contributed by atoms with E-state index in [1.54, 1.807) is 0 Å². The number of hydrogen-bond acceptors (Lipinski definition) is 5. The molecule has 4 aliphatic heterocycles. The molecule has 0 spiro atoms. The van der Waals surface area contributed by atoms with Gasteiger partial charge in [0.1, 0.15) is 0 Å². The van der Waals surface area contributed by atoms with Crippen molar-refractivity contribution in [2.75, 3.05) is 64.7 Å². The third-order valence-electron chi connectivity index (χ3n) is 11.2. The van der Waals surface area contributed by atoms with Gasteiger partial charge in [0.05, 0.1) is 5.92 Å². The van der Waals surface area contributed by atoms with Crippen LogP contribution in [0.5, 0.6) is 0 Å². The van der Waals surface area contributed by atoms with Crippen LogP contribution in [-0.4, -0.2) is 118 Å². The molecule has 0 aliphatic carbocycles. The SMILES string of the molecule is CN1CCN(C2CCN(C(=O)[C@@H](CC(=O)N3CCC(N4Cc5ccccc5NC4=O)CC3)Cc3cn(C)c4ccccc34)CC2)CC1. The molecule has 10 heteroatoms. The van der Waals surface area contributed by atoms with Gasteiger partial charge in [0.15, 0.2) is 0 Å². The Morgan fingerprint density at radius 3 is 2.23 bits per heavy atom. The zero-order valence-corrected chi connectivity index (χ0v) is 27.9. The van der Waals surface area contributed by atoms with Crippen LogP contribution < -0.4 is 5.32 Å². The summed E-state index contributed by atoms with van der Waals surface area (Å²) in [5.41, 5.74) is 4.26. The quantitative estimate of drug-likeness (QED) is 0.423. The van der Waals surface area contributed by atoms with Crippen LogP contribution in [0.1, 0.15) is 43.2 Å². The number of carbonyl (C=O) groups excluding carboxylic acids is 3. The van der Waals surface area contributed by atoms with Gasteiger partial charge in [0.25, 0.3) is 0 Å². The molecule has 4 amide bonds. The molecule has 1 atom stereocenters. The summed E-state index contributed by atoms with van der Waals surface area (Å²) in [6, 6.07) is 16.8. The zero-order valence-electron chi connectivity index (χ0n) is 27.9. The van der Waals surface area contributed by atoms with Crippen LogP contribution in [-0.2, 0) is 29.6 Å². The van der Waals surface area contributed by atoms with Crippen molar-refractivity contribution in [1.29, 1.82) is 0 Å². The number of piperazine rings is 1. The van der Waals surface area contributed by atoms with Crippen LogP contribution in [0, 0.1) is 5.92 Å². The predicted octanol–water partition coefficient (Wildman–Crippen LogP) is 4.00. The molecular formula is C37H49N7O3. The highest BCUT2D eigenvalue weighted by Crippen LogP contribution is 2.30. The van der Waals surface area contributed by atoms with Crippen LogP contribution in [0.4, 0.5) is 10.5 Å². The summed E-state index contributed by atoms with van der Waals surface area (Å²) in [4.78, 5) is 52.0. The molecule has 250 valence electrons.